The molecular formula is C26H39N5O6. The maximum Gasteiger partial charge on any atom is 0.247 e. The summed E-state index contributed by atoms with van der Waals surface area (Å²) in [5.41, 5.74) is 11.8. The molecule has 11 nitrogen and oxygen atoms in total. The number of likely N-dealkylation sites (tertiary alicyclic amines) is 2. The number of hydrogen-bond acceptors (Lipinski definition) is 7. The summed E-state index contributed by atoms with van der Waals surface area (Å²) in [7, 11) is 0. The Balaban J connectivity index is 1.97. The lowest BCUT2D eigenvalue weighted by Crippen LogP contribution is -2.65. The van der Waals surface area contributed by atoms with Gasteiger partial charge in [0, 0.05) is 19.5 Å². The van der Waals surface area contributed by atoms with Crippen LogP contribution in [0.1, 0.15) is 50.7 Å². The molecule has 11 heteroatoms. The average Bonchev–Trinajstić information content (AvgIpc) is 3.50. The van der Waals surface area contributed by atoms with Crippen LogP contribution in [0.5, 0.6) is 0 Å². The van der Waals surface area contributed by atoms with Gasteiger partial charge in [-0.05, 0) is 52.0 Å². The van der Waals surface area contributed by atoms with Gasteiger partial charge < -0.3 is 36.8 Å². The Morgan fingerprint density at radius 3 is 2.30 bits per heavy atom. The molecule has 1 aromatic carbocycles. The highest BCUT2D eigenvalue weighted by Crippen LogP contribution is 2.36. The summed E-state index contributed by atoms with van der Waals surface area (Å²) in [5.74, 6) is -2.36. The molecule has 2 aliphatic rings. The van der Waals surface area contributed by atoms with Gasteiger partial charge in [-0.25, -0.2) is 0 Å². The Labute approximate surface area is 217 Å². The number of aliphatic hydroxyl groups is 2. The third-order valence-electron chi connectivity index (χ3n) is 7.50. The first kappa shape index (κ1) is 28.5. The number of nitrogens with one attached hydrogen (secondary N) is 1. The summed E-state index contributed by atoms with van der Waals surface area (Å²) in [6, 6.07) is 4.31. The Hall–Kier alpha value is -3.02. The largest absolute Gasteiger partial charge is 0.391 e. The number of benzene rings is 1. The highest BCUT2D eigenvalue weighted by Gasteiger charge is 2.53. The van der Waals surface area contributed by atoms with Crippen molar-refractivity contribution in [2.24, 2.45) is 11.5 Å². The molecule has 1 aromatic rings. The maximum atomic E-state index is 14.0. The lowest BCUT2D eigenvalue weighted by Gasteiger charge is -2.41. The van der Waals surface area contributed by atoms with Gasteiger partial charge in [-0.2, -0.15) is 0 Å². The molecule has 2 saturated heterocycles. The Kier molecular flexibility index (Phi) is 8.93. The van der Waals surface area contributed by atoms with Gasteiger partial charge in [-0.1, -0.05) is 29.8 Å². The van der Waals surface area contributed by atoms with Crippen molar-refractivity contribution < 1.29 is 29.4 Å². The van der Waals surface area contributed by atoms with Crippen molar-refractivity contribution in [1.82, 2.24) is 15.1 Å². The van der Waals surface area contributed by atoms with Crippen molar-refractivity contribution in [3.8, 4) is 0 Å². The Bertz CT molecular complexity index is 1010. The van der Waals surface area contributed by atoms with E-state index >= 15 is 0 Å². The smallest absolute Gasteiger partial charge is 0.247 e. The number of rotatable bonds is 9. The summed E-state index contributed by atoms with van der Waals surface area (Å²) in [5, 5.41) is 22.5. The Morgan fingerprint density at radius 1 is 1.08 bits per heavy atom. The minimum atomic E-state index is -1.35. The minimum absolute atomic E-state index is 0.185. The third-order valence-corrected chi connectivity index (χ3v) is 7.50. The average molecular weight is 518 g/mol. The number of nitrogens with zero attached hydrogens (tertiary/aromatic N) is 2. The van der Waals surface area contributed by atoms with E-state index in [0.29, 0.717) is 32.2 Å². The molecule has 4 amide bonds. The third kappa shape index (κ3) is 5.94. The lowest BCUT2D eigenvalue weighted by atomic mass is 9.85. The molecule has 3 rings (SSSR count). The van der Waals surface area contributed by atoms with E-state index in [1.807, 2.05) is 31.2 Å². The van der Waals surface area contributed by atoms with Gasteiger partial charge in [0.2, 0.25) is 23.6 Å². The topological polar surface area (TPSA) is 179 Å². The minimum Gasteiger partial charge on any atom is -0.391 e. The molecule has 0 aromatic heterocycles. The fourth-order valence-electron chi connectivity index (χ4n) is 5.31. The SMILES string of the molecule is Cc1ccc(C[C@@]2(C(=O)NC(C(N)=O)[C@@H](C)O)CCCN2C(=O)[C@@H]2CCCN2C(=O)[C@@H](N)[C@@H](C)O)cc1. The summed E-state index contributed by atoms with van der Waals surface area (Å²) >= 11 is 0. The molecule has 204 valence electrons. The molecular weight excluding hydrogens is 478 g/mol. The van der Waals surface area contributed by atoms with Crippen LogP contribution in [-0.2, 0) is 25.6 Å². The zero-order valence-corrected chi connectivity index (χ0v) is 21.7. The first-order chi connectivity index (χ1) is 17.4. The lowest BCUT2D eigenvalue weighted by molar-refractivity contribution is -0.152. The molecule has 0 bridgehead atoms. The van der Waals surface area contributed by atoms with Gasteiger partial charge in [0.1, 0.15) is 23.7 Å². The predicted octanol–water partition coefficient (Wildman–Crippen LogP) is -1.05. The van der Waals surface area contributed by atoms with Crippen LogP contribution in [0.15, 0.2) is 24.3 Å². The fraction of sp³-hybridized carbons (Fsp3) is 0.615. The van der Waals surface area contributed by atoms with Crippen LogP contribution in [0, 0.1) is 6.92 Å². The number of carbonyl (C=O) groups is 4. The number of carbonyl (C=O) groups excluding carboxylic acids is 4. The number of aryl methyl sites for hydroxylation is 1. The van der Waals surface area contributed by atoms with E-state index < -0.39 is 53.6 Å². The van der Waals surface area contributed by atoms with Gasteiger partial charge in [0.25, 0.3) is 0 Å². The molecule has 2 fully saturated rings. The summed E-state index contributed by atoms with van der Waals surface area (Å²) < 4.78 is 0. The van der Waals surface area contributed by atoms with Gasteiger partial charge in [0.05, 0.1) is 12.2 Å². The van der Waals surface area contributed by atoms with Crippen LogP contribution in [0.3, 0.4) is 0 Å². The molecule has 0 spiro atoms. The molecule has 7 N–H and O–H groups in total. The second-order valence-electron chi connectivity index (χ2n) is 10.3. The maximum absolute atomic E-state index is 14.0. The number of aliphatic hydroxyl groups excluding tert-OH is 2. The molecule has 2 aliphatic heterocycles. The van der Waals surface area contributed by atoms with Crippen LogP contribution in [-0.4, -0.2) is 92.6 Å². The second-order valence-corrected chi connectivity index (χ2v) is 10.3. The molecule has 6 atom stereocenters. The second kappa shape index (κ2) is 11.6. The van der Waals surface area contributed by atoms with Gasteiger partial charge >= 0.3 is 0 Å². The summed E-state index contributed by atoms with van der Waals surface area (Å²) in [6.07, 6.45) is -0.253. The monoisotopic (exact) mass is 517 g/mol. The molecule has 0 aliphatic carbocycles. The van der Waals surface area contributed by atoms with Crippen LogP contribution in [0.2, 0.25) is 0 Å². The molecule has 2 heterocycles. The zero-order valence-electron chi connectivity index (χ0n) is 21.7. The van der Waals surface area contributed by atoms with E-state index in [1.165, 1.54) is 23.6 Å². The van der Waals surface area contributed by atoms with Crippen LogP contribution in [0.25, 0.3) is 0 Å². The standard InChI is InChI=1S/C26H39N5O6/c1-15-7-9-18(10-8-15)14-26(25(37)29-21(17(3)33)22(28)34)11-5-13-31(26)23(35)19-6-4-12-30(19)24(36)20(27)16(2)32/h7-10,16-17,19-21,32-33H,4-6,11-14,27H2,1-3H3,(H2,28,34)(H,29,37)/t16-,17-,19+,20+,21?,26-/m1/s1. The molecule has 37 heavy (non-hydrogen) atoms. The van der Waals surface area contributed by atoms with Crippen molar-refractivity contribution in [2.45, 2.75) is 88.7 Å². The molecule has 1 unspecified atom stereocenters. The molecule has 0 radical (unpaired) electrons. The van der Waals surface area contributed by atoms with Gasteiger partial charge in [-0.3, -0.25) is 19.2 Å². The first-order valence-electron chi connectivity index (χ1n) is 12.8. The Morgan fingerprint density at radius 2 is 1.73 bits per heavy atom. The van der Waals surface area contributed by atoms with Crippen LogP contribution < -0.4 is 16.8 Å². The summed E-state index contributed by atoms with van der Waals surface area (Å²) in [4.78, 5) is 55.6. The van der Waals surface area contributed by atoms with E-state index in [2.05, 4.69) is 5.32 Å². The number of nitrogens with two attached hydrogens (primary N) is 2. The highest BCUT2D eigenvalue weighted by molar-refractivity contribution is 5.98. The zero-order chi connectivity index (χ0) is 27.5. The van der Waals surface area contributed by atoms with E-state index in [4.69, 9.17) is 11.5 Å². The van der Waals surface area contributed by atoms with E-state index in [0.717, 1.165) is 11.1 Å². The van der Waals surface area contributed by atoms with Crippen molar-refractivity contribution >= 4 is 23.6 Å². The van der Waals surface area contributed by atoms with Gasteiger partial charge in [0.15, 0.2) is 0 Å². The number of amides is 4. The van der Waals surface area contributed by atoms with E-state index in [-0.39, 0.29) is 18.9 Å². The van der Waals surface area contributed by atoms with Crippen molar-refractivity contribution in [1.29, 1.82) is 0 Å². The van der Waals surface area contributed by atoms with Crippen molar-refractivity contribution in [2.75, 3.05) is 13.1 Å². The van der Waals surface area contributed by atoms with E-state index in [9.17, 15) is 29.4 Å². The van der Waals surface area contributed by atoms with Crippen molar-refractivity contribution in [3.05, 3.63) is 35.4 Å². The quantitative estimate of drug-likeness (QED) is 0.277. The first-order valence-corrected chi connectivity index (χ1v) is 12.8. The molecule has 0 saturated carbocycles. The predicted molar refractivity (Wildman–Crippen MR) is 136 cm³/mol. The van der Waals surface area contributed by atoms with Crippen LogP contribution >= 0.6 is 0 Å². The number of hydrogen-bond donors (Lipinski definition) is 5. The van der Waals surface area contributed by atoms with Gasteiger partial charge in [-0.15, -0.1) is 0 Å². The fourth-order valence-corrected chi connectivity index (χ4v) is 5.31. The normalized spacial score (nSPS) is 24.9. The van der Waals surface area contributed by atoms with E-state index in [1.54, 1.807) is 0 Å². The summed E-state index contributed by atoms with van der Waals surface area (Å²) in [6.45, 7) is 5.33. The highest BCUT2D eigenvalue weighted by atomic mass is 16.3. The number of primary amides is 1. The van der Waals surface area contributed by atoms with Crippen LogP contribution in [0.4, 0.5) is 0 Å². The van der Waals surface area contributed by atoms with Crippen molar-refractivity contribution in [3.63, 3.8) is 0 Å².